The second-order valence-electron chi connectivity index (χ2n) is 4.97. The number of nitrogens with one attached hydrogen (secondary N) is 1. The van der Waals surface area contributed by atoms with Crippen LogP contribution in [0.1, 0.15) is 21.9 Å². The average molecular weight is 336 g/mol. The number of rotatable bonds is 9. The van der Waals surface area contributed by atoms with Crippen molar-refractivity contribution in [1.82, 2.24) is 10.2 Å². The minimum Gasteiger partial charge on any atom is -0.467 e. The molecule has 0 unspecified atom stereocenters. The SMILES string of the molecule is CN(CC(=O)NCCCOCc1ccco1)C(=O)c1cccs1. The molecule has 2 aromatic rings. The summed E-state index contributed by atoms with van der Waals surface area (Å²) in [5, 5.41) is 4.61. The first-order valence-electron chi connectivity index (χ1n) is 7.32. The highest BCUT2D eigenvalue weighted by molar-refractivity contribution is 7.12. The molecule has 2 amide bonds. The van der Waals surface area contributed by atoms with E-state index in [0.717, 1.165) is 5.76 Å². The number of carbonyl (C=O) groups is 2. The Bertz CT molecular complexity index is 596. The predicted molar refractivity (Wildman–Crippen MR) is 87.3 cm³/mol. The summed E-state index contributed by atoms with van der Waals surface area (Å²) in [4.78, 5) is 25.8. The van der Waals surface area contributed by atoms with Gasteiger partial charge in [-0.05, 0) is 30.0 Å². The number of nitrogens with zero attached hydrogens (tertiary/aromatic N) is 1. The molecule has 0 saturated carbocycles. The molecule has 2 heterocycles. The minimum absolute atomic E-state index is 0.0456. The molecule has 0 aliphatic carbocycles. The number of furan rings is 1. The Kier molecular flexibility index (Phi) is 6.83. The van der Waals surface area contributed by atoms with Gasteiger partial charge in [0.1, 0.15) is 12.4 Å². The zero-order chi connectivity index (χ0) is 16.5. The number of hydrogen-bond acceptors (Lipinski definition) is 5. The summed E-state index contributed by atoms with van der Waals surface area (Å²) in [6, 6.07) is 7.22. The molecule has 0 fully saturated rings. The largest absolute Gasteiger partial charge is 0.467 e. The Labute approximate surface area is 139 Å². The van der Waals surface area contributed by atoms with Crippen LogP contribution in [0.4, 0.5) is 0 Å². The van der Waals surface area contributed by atoms with E-state index in [0.29, 0.717) is 31.1 Å². The summed E-state index contributed by atoms with van der Waals surface area (Å²) in [5.41, 5.74) is 0. The number of thiophene rings is 1. The number of likely N-dealkylation sites (N-methyl/N-ethyl adjacent to an activating group) is 1. The Morgan fingerprint density at radius 3 is 2.91 bits per heavy atom. The van der Waals surface area contributed by atoms with Crippen LogP contribution in [-0.4, -0.2) is 43.5 Å². The van der Waals surface area contributed by atoms with Crippen LogP contribution in [-0.2, 0) is 16.1 Å². The molecule has 0 bridgehead atoms. The standard InChI is InChI=1S/C16H20N2O4S/c1-18(16(20)14-6-3-10-23-14)11-15(19)17-7-4-8-21-12-13-5-2-9-22-13/h2-3,5-6,9-10H,4,7-8,11-12H2,1H3,(H,17,19). The third-order valence-electron chi connectivity index (χ3n) is 3.07. The van der Waals surface area contributed by atoms with Crippen molar-refractivity contribution in [3.05, 3.63) is 46.5 Å². The van der Waals surface area contributed by atoms with Crippen LogP contribution in [0.5, 0.6) is 0 Å². The summed E-state index contributed by atoms with van der Waals surface area (Å²) in [7, 11) is 1.62. The van der Waals surface area contributed by atoms with E-state index in [4.69, 9.17) is 9.15 Å². The number of ether oxygens (including phenoxy) is 1. The van der Waals surface area contributed by atoms with E-state index in [1.165, 1.54) is 16.2 Å². The van der Waals surface area contributed by atoms with Gasteiger partial charge >= 0.3 is 0 Å². The third-order valence-corrected chi connectivity index (χ3v) is 3.93. The summed E-state index contributed by atoms with van der Waals surface area (Å²) in [6.07, 6.45) is 2.31. The van der Waals surface area contributed by atoms with Gasteiger partial charge in [0.15, 0.2) is 0 Å². The van der Waals surface area contributed by atoms with Crippen molar-refractivity contribution in [2.45, 2.75) is 13.0 Å². The van der Waals surface area contributed by atoms with Crippen molar-refractivity contribution in [2.24, 2.45) is 0 Å². The van der Waals surface area contributed by atoms with Gasteiger partial charge < -0.3 is 19.4 Å². The summed E-state index contributed by atoms with van der Waals surface area (Å²) in [6.45, 7) is 1.52. The first-order valence-corrected chi connectivity index (χ1v) is 8.20. The van der Waals surface area contributed by atoms with E-state index in [2.05, 4.69) is 5.32 Å². The molecule has 2 aromatic heterocycles. The maximum atomic E-state index is 12.0. The number of amides is 2. The van der Waals surface area contributed by atoms with Crippen LogP contribution in [0.3, 0.4) is 0 Å². The van der Waals surface area contributed by atoms with Gasteiger partial charge in [0.05, 0.1) is 17.7 Å². The second-order valence-corrected chi connectivity index (χ2v) is 5.92. The second kappa shape index (κ2) is 9.12. The van der Waals surface area contributed by atoms with E-state index >= 15 is 0 Å². The Morgan fingerprint density at radius 2 is 2.22 bits per heavy atom. The van der Waals surface area contributed by atoms with Crippen LogP contribution in [0, 0.1) is 0 Å². The molecule has 0 atom stereocenters. The topological polar surface area (TPSA) is 71.8 Å². The van der Waals surface area contributed by atoms with Gasteiger partial charge in [0.25, 0.3) is 5.91 Å². The smallest absolute Gasteiger partial charge is 0.264 e. The molecular formula is C16H20N2O4S. The van der Waals surface area contributed by atoms with E-state index < -0.39 is 0 Å². The molecule has 0 aliphatic rings. The molecular weight excluding hydrogens is 316 g/mol. The number of hydrogen-bond donors (Lipinski definition) is 1. The fourth-order valence-electron chi connectivity index (χ4n) is 1.90. The molecule has 0 aliphatic heterocycles. The van der Waals surface area contributed by atoms with Crippen LogP contribution >= 0.6 is 11.3 Å². The molecule has 6 nitrogen and oxygen atoms in total. The van der Waals surface area contributed by atoms with E-state index in [9.17, 15) is 9.59 Å². The lowest BCUT2D eigenvalue weighted by atomic mass is 10.4. The van der Waals surface area contributed by atoms with Gasteiger partial charge in [-0.2, -0.15) is 0 Å². The third kappa shape index (κ3) is 5.88. The quantitative estimate of drug-likeness (QED) is 0.712. The van der Waals surface area contributed by atoms with Gasteiger partial charge in [-0.15, -0.1) is 11.3 Å². The zero-order valence-corrected chi connectivity index (χ0v) is 13.8. The monoisotopic (exact) mass is 336 g/mol. The first-order chi connectivity index (χ1) is 11.2. The lowest BCUT2D eigenvalue weighted by Gasteiger charge is -2.15. The van der Waals surface area contributed by atoms with Crippen LogP contribution in [0.2, 0.25) is 0 Å². The molecule has 0 spiro atoms. The van der Waals surface area contributed by atoms with Gasteiger partial charge in [0.2, 0.25) is 5.91 Å². The van der Waals surface area contributed by atoms with Gasteiger partial charge in [-0.3, -0.25) is 9.59 Å². The van der Waals surface area contributed by atoms with E-state index in [-0.39, 0.29) is 18.4 Å². The van der Waals surface area contributed by atoms with Crippen LogP contribution in [0.15, 0.2) is 40.3 Å². The normalized spacial score (nSPS) is 10.5. The lowest BCUT2D eigenvalue weighted by molar-refractivity contribution is -0.121. The maximum Gasteiger partial charge on any atom is 0.264 e. The molecule has 0 aromatic carbocycles. The lowest BCUT2D eigenvalue weighted by Crippen LogP contribution is -2.38. The molecule has 23 heavy (non-hydrogen) atoms. The number of carbonyl (C=O) groups excluding carboxylic acids is 2. The maximum absolute atomic E-state index is 12.0. The molecule has 2 rings (SSSR count). The summed E-state index contributed by atoms with van der Waals surface area (Å²) in [5.74, 6) is 0.461. The molecule has 0 saturated heterocycles. The van der Waals surface area contributed by atoms with E-state index in [1.807, 2.05) is 23.6 Å². The van der Waals surface area contributed by atoms with Crippen molar-refractivity contribution >= 4 is 23.2 Å². The van der Waals surface area contributed by atoms with Crippen molar-refractivity contribution < 1.29 is 18.7 Å². The van der Waals surface area contributed by atoms with Crippen LogP contribution < -0.4 is 5.32 Å². The Morgan fingerprint density at radius 1 is 1.35 bits per heavy atom. The fraction of sp³-hybridized carbons (Fsp3) is 0.375. The Hall–Kier alpha value is -2.12. The summed E-state index contributed by atoms with van der Waals surface area (Å²) >= 11 is 1.37. The van der Waals surface area contributed by atoms with Crippen molar-refractivity contribution in [3.8, 4) is 0 Å². The Balaban J connectivity index is 1.55. The first kappa shape index (κ1) is 17.2. The summed E-state index contributed by atoms with van der Waals surface area (Å²) < 4.78 is 10.6. The predicted octanol–water partition coefficient (Wildman–Crippen LogP) is 2.14. The van der Waals surface area contributed by atoms with Crippen molar-refractivity contribution in [3.63, 3.8) is 0 Å². The highest BCUT2D eigenvalue weighted by Crippen LogP contribution is 2.10. The average Bonchev–Trinajstić information content (AvgIpc) is 3.22. The van der Waals surface area contributed by atoms with Gasteiger partial charge in [0, 0.05) is 20.2 Å². The zero-order valence-electron chi connectivity index (χ0n) is 13.0. The fourth-order valence-corrected chi connectivity index (χ4v) is 2.62. The van der Waals surface area contributed by atoms with E-state index in [1.54, 1.807) is 19.4 Å². The highest BCUT2D eigenvalue weighted by Gasteiger charge is 2.15. The van der Waals surface area contributed by atoms with Crippen LogP contribution in [0.25, 0.3) is 0 Å². The molecule has 0 radical (unpaired) electrons. The minimum atomic E-state index is -0.177. The highest BCUT2D eigenvalue weighted by atomic mass is 32.1. The molecule has 1 N–H and O–H groups in total. The van der Waals surface area contributed by atoms with Crippen molar-refractivity contribution in [2.75, 3.05) is 26.7 Å². The van der Waals surface area contributed by atoms with Gasteiger partial charge in [-0.1, -0.05) is 6.07 Å². The molecule has 7 heteroatoms. The molecule has 124 valence electrons. The van der Waals surface area contributed by atoms with Gasteiger partial charge in [-0.25, -0.2) is 0 Å². The van der Waals surface area contributed by atoms with Crippen molar-refractivity contribution in [1.29, 1.82) is 0 Å².